The van der Waals surface area contributed by atoms with E-state index in [4.69, 9.17) is 0 Å². The Bertz CT molecular complexity index is 1420. The molecule has 2 aliphatic rings. The predicted molar refractivity (Wildman–Crippen MR) is 134 cm³/mol. The zero-order chi connectivity index (χ0) is 20.7. The fourth-order valence-corrected chi connectivity index (χ4v) is 4.71. The summed E-state index contributed by atoms with van der Waals surface area (Å²) in [7, 11) is -1.49. The molecular weight excluding hydrogens is 376 g/mol. The van der Waals surface area contributed by atoms with Gasteiger partial charge in [-0.05, 0) is 44.3 Å². The Kier molecular flexibility index (Phi) is 4.46. The van der Waals surface area contributed by atoms with Gasteiger partial charge in [0.25, 0.3) is 0 Å². The molecule has 0 N–H and O–H groups in total. The average Bonchev–Trinajstić information content (AvgIpc) is 2.91. The molecule has 3 aromatic carbocycles. The molecule has 0 amide bonds. The van der Waals surface area contributed by atoms with Crippen molar-refractivity contribution in [3.63, 3.8) is 0 Å². The van der Waals surface area contributed by atoms with Gasteiger partial charge in [0.2, 0.25) is 0 Å². The molecule has 3 aromatic rings. The van der Waals surface area contributed by atoms with Crippen LogP contribution in [0.25, 0.3) is 43.8 Å². The van der Waals surface area contributed by atoms with E-state index in [1.807, 2.05) is 0 Å². The van der Waals surface area contributed by atoms with Gasteiger partial charge in [-0.15, -0.1) is 5.54 Å². The van der Waals surface area contributed by atoms with E-state index in [9.17, 15) is 0 Å². The lowest BCUT2D eigenvalue weighted by molar-refractivity contribution is 1.70. The summed E-state index contributed by atoms with van der Waals surface area (Å²) in [5.74, 6) is 3.58. The van der Waals surface area contributed by atoms with Crippen molar-refractivity contribution in [1.29, 1.82) is 0 Å². The second-order valence-electron chi connectivity index (χ2n) is 8.90. The van der Waals surface area contributed by atoms with Crippen molar-refractivity contribution in [2.24, 2.45) is 0 Å². The van der Waals surface area contributed by atoms with Crippen molar-refractivity contribution in [2.75, 3.05) is 0 Å². The van der Waals surface area contributed by atoms with Crippen molar-refractivity contribution in [3.05, 3.63) is 96.6 Å². The zero-order valence-electron chi connectivity index (χ0n) is 17.7. The van der Waals surface area contributed by atoms with Crippen LogP contribution >= 0.6 is 0 Å². The van der Waals surface area contributed by atoms with Crippen LogP contribution in [0.15, 0.2) is 91.0 Å². The summed E-state index contributed by atoms with van der Waals surface area (Å²) in [5.41, 5.74) is 9.76. The predicted octanol–water partition coefficient (Wildman–Crippen LogP) is 7.99. The van der Waals surface area contributed by atoms with Gasteiger partial charge < -0.3 is 0 Å². The molecule has 0 bridgehead atoms. The van der Waals surface area contributed by atoms with Crippen LogP contribution in [0, 0.1) is 11.5 Å². The monoisotopic (exact) mass is 400 g/mol. The maximum atomic E-state index is 3.59. The summed E-state index contributed by atoms with van der Waals surface area (Å²) in [6, 6.07) is 32.8. The highest BCUT2D eigenvalue weighted by atomic mass is 28.3. The molecule has 30 heavy (non-hydrogen) atoms. The van der Waals surface area contributed by atoms with Gasteiger partial charge in [0.05, 0.1) is 0 Å². The molecule has 0 saturated carbocycles. The molecule has 1 heteroatoms. The maximum Gasteiger partial charge on any atom is 0.129 e. The fourth-order valence-electron chi connectivity index (χ4n) is 4.20. The summed E-state index contributed by atoms with van der Waals surface area (Å²) in [6.07, 6.45) is 0. The van der Waals surface area contributed by atoms with Gasteiger partial charge in [0, 0.05) is 11.1 Å². The maximum absolute atomic E-state index is 3.59. The van der Waals surface area contributed by atoms with Crippen LogP contribution in [0.1, 0.15) is 5.56 Å². The lowest BCUT2D eigenvalue weighted by atomic mass is 9.91. The molecule has 0 spiro atoms. The third-order valence-corrected chi connectivity index (χ3v) is 6.40. The van der Waals surface area contributed by atoms with Crippen molar-refractivity contribution in [1.82, 2.24) is 0 Å². The first-order chi connectivity index (χ1) is 14.5. The molecule has 0 unspecified atom stereocenters. The number of benzene rings is 3. The van der Waals surface area contributed by atoms with Crippen LogP contribution < -0.4 is 0 Å². The lowest BCUT2D eigenvalue weighted by Gasteiger charge is -2.12. The van der Waals surface area contributed by atoms with Crippen molar-refractivity contribution in [3.8, 4) is 33.7 Å². The molecular formula is C29H24Si. The third kappa shape index (κ3) is 3.30. The number of hydrogen-bond donors (Lipinski definition) is 0. The lowest BCUT2D eigenvalue weighted by Crippen LogP contribution is -2.16. The summed E-state index contributed by atoms with van der Waals surface area (Å²) in [6.45, 7) is 6.90. The van der Waals surface area contributed by atoms with E-state index >= 15 is 0 Å². The first-order valence-corrected chi connectivity index (χ1v) is 14.0. The number of fused-ring (bicyclic) bond motifs is 4. The minimum absolute atomic E-state index is 1.14. The molecule has 0 nitrogen and oxygen atoms in total. The summed E-state index contributed by atoms with van der Waals surface area (Å²) < 4.78 is 0. The second-order valence-corrected chi connectivity index (χ2v) is 13.7. The van der Waals surface area contributed by atoms with Gasteiger partial charge in [-0.25, -0.2) is 0 Å². The molecule has 2 aliphatic carbocycles. The number of hydrogen-bond acceptors (Lipinski definition) is 0. The van der Waals surface area contributed by atoms with E-state index in [2.05, 4.69) is 122 Å². The molecule has 0 atom stereocenters. The fraction of sp³-hybridized carbons (Fsp3) is 0.103. The zero-order valence-corrected chi connectivity index (χ0v) is 18.7. The van der Waals surface area contributed by atoms with Crippen LogP contribution in [0.2, 0.25) is 19.6 Å². The van der Waals surface area contributed by atoms with E-state index in [1.54, 1.807) is 0 Å². The van der Waals surface area contributed by atoms with Crippen LogP contribution in [-0.4, -0.2) is 8.07 Å². The molecule has 0 aromatic heterocycles. The molecule has 5 rings (SSSR count). The Morgan fingerprint density at radius 2 is 1.33 bits per heavy atom. The molecule has 0 radical (unpaired) electrons. The van der Waals surface area contributed by atoms with Crippen molar-refractivity contribution < 1.29 is 0 Å². The van der Waals surface area contributed by atoms with Crippen LogP contribution in [0.3, 0.4) is 0 Å². The Morgan fingerprint density at radius 3 is 2.20 bits per heavy atom. The van der Waals surface area contributed by atoms with Crippen molar-refractivity contribution in [2.45, 2.75) is 19.6 Å². The van der Waals surface area contributed by atoms with E-state index in [1.165, 1.54) is 43.8 Å². The third-order valence-electron chi connectivity index (χ3n) is 5.52. The second kappa shape index (κ2) is 7.17. The average molecular weight is 401 g/mol. The molecule has 0 aliphatic heterocycles. The highest BCUT2D eigenvalue weighted by molar-refractivity contribution is 6.83. The van der Waals surface area contributed by atoms with Crippen LogP contribution in [-0.2, 0) is 0 Å². The van der Waals surface area contributed by atoms with Crippen LogP contribution in [0.4, 0.5) is 0 Å². The molecule has 0 fully saturated rings. The van der Waals surface area contributed by atoms with Gasteiger partial charge in [0.15, 0.2) is 0 Å². The first-order valence-electron chi connectivity index (χ1n) is 10.5. The van der Waals surface area contributed by atoms with E-state index in [0.717, 1.165) is 5.56 Å². The summed E-state index contributed by atoms with van der Waals surface area (Å²) >= 11 is 0. The van der Waals surface area contributed by atoms with Gasteiger partial charge >= 0.3 is 0 Å². The SMILES string of the molecule is C[Si](C)(C)C#Cc1cc2cccccc-2c1-c1cccc2ccc3ccccc3c12. The van der Waals surface area contributed by atoms with E-state index < -0.39 is 8.07 Å². The molecule has 144 valence electrons. The van der Waals surface area contributed by atoms with E-state index in [0.29, 0.717) is 0 Å². The quantitative estimate of drug-likeness (QED) is 0.152. The highest BCUT2D eigenvalue weighted by Crippen LogP contribution is 2.43. The summed E-state index contributed by atoms with van der Waals surface area (Å²) in [4.78, 5) is 0. The number of rotatable bonds is 1. The Hall–Kier alpha value is -3.34. The Labute approximate surface area is 179 Å². The summed E-state index contributed by atoms with van der Waals surface area (Å²) in [5, 5.41) is 5.15. The molecule has 0 heterocycles. The molecule has 0 saturated heterocycles. The van der Waals surface area contributed by atoms with Gasteiger partial charge in [-0.2, -0.15) is 0 Å². The van der Waals surface area contributed by atoms with Crippen molar-refractivity contribution >= 4 is 29.6 Å². The van der Waals surface area contributed by atoms with E-state index in [-0.39, 0.29) is 0 Å². The van der Waals surface area contributed by atoms with Gasteiger partial charge in [0.1, 0.15) is 8.07 Å². The van der Waals surface area contributed by atoms with Crippen LogP contribution in [0.5, 0.6) is 0 Å². The largest absolute Gasteiger partial charge is 0.129 e. The topological polar surface area (TPSA) is 0 Å². The first kappa shape index (κ1) is 18.7. The Morgan fingerprint density at radius 1 is 0.633 bits per heavy atom. The van der Waals surface area contributed by atoms with Gasteiger partial charge in [-0.1, -0.05) is 110 Å². The standard InChI is InChI=1S/C29H24Si/c1-30(2,3)19-18-24-20-23-11-5-4-6-13-26(23)29(24)27-15-9-12-22-17-16-21-10-7-8-14-25(21)28(22)27/h4-17,20H,1-3H3. The van der Waals surface area contributed by atoms with Gasteiger partial charge in [-0.3, -0.25) is 0 Å². The highest BCUT2D eigenvalue weighted by Gasteiger charge is 2.19. The normalized spacial score (nSPS) is 11.6. The minimum atomic E-state index is -1.49. The minimum Gasteiger partial charge on any atom is -0.127 e. The smallest absolute Gasteiger partial charge is 0.127 e. The Balaban J connectivity index is 1.92.